The molecule has 10 heteroatoms. The number of benzene rings is 2. The van der Waals surface area contributed by atoms with Gasteiger partial charge in [0.05, 0.1) is 31.3 Å². The van der Waals surface area contributed by atoms with Gasteiger partial charge in [-0.3, -0.25) is 4.72 Å². The van der Waals surface area contributed by atoms with Crippen LogP contribution in [0.3, 0.4) is 0 Å². The average Bonchev–Trinajstić information content (AvgIpc) is 2.84. The van der Waals surface area contributed by atoms with Gasteiger partial charge in [0.15, 0.2) is 0 Å². The number of anilines is 4. The Hall–Kier alpha value is -3.21. The second kappa shape index (κ2) is 10.6. The standard InChI is InChI=1S/C23H27N5O4S/c1-31-16-17-33(29,30)27-20-4-2-18(3-5-20)22-10-11-24-23(26-22)25-19-6-8-21(9-7-19)28-12-14-32-15-13-28/h2-11,27H,12-17H2,1H3,(H,24,25,26). The lowest BCUT2D eigenvalue weighted by Crippen LogP contribution is -2.36. The van der Waals surface area contributed by atoms with Crippen molar-refractivity contribution in [2.75, 3.05) is 60.7 Å². The summed E-state index contributed by atoms with van der Waals surface area (Å²) in [5.41, 5.74) is 4.12. The zero-order valence-corrected chi connectivity index (χ0v) is 19.2. The van der Waals surface area contributed by atoms with E-state index < -0.39 is 10.0 Å². The molecule has 2 aromatic carbocycles. The second-order valence-corrected chi connectivity index (χ2v) is 9.37. The van der Waals surface area contributed by atoms with Crippen molar-refractivity contribution in [1.82, 2.24) is 9.97 Å². The Balaban J connectivity index is 1.41. The summed E-state index contributed by atoms with van der Waals surface area (Å²) in [6, 6.07) is 17.0. The molecule has 0 saturated carbocycles. The monoisotopic (exact) mass is 469 g/mol. The highest BCUT2D eigenvalue weighted by atomic mass is 32.2. The van der Waals surface area contributed by atoms with E-state index in [0.717, 1.165) is 48.9 Å². The number of hydrogen-bond donors (Lipinski definition) is 2. The molecule has 0 atom stereocenters. The summed E-state index contributed by atoms with van der Waals surface area (Å²) in [5.74, 6) is 0.385. The van der Waals surface area contributed by atoms with E-state index in [0.29, 0.717) is 11.6 Å². The molecule has 1 aliphatic heterocycles. The minimum atomic E-state index is -3.45. The van der Waals surface area contributed by atoms with E-state index in [2.05, 4.69) is 37.0 Å². The minimum Gasteiger partial charge on any atom is -0.384 e. The molecule has 2 N–H and O–H groups in total. The molecule has 1 fully saturated rings. The Morgan fingerprint density at radius 2 is 1.70 bits per heavy atom. The van der Waals surface area contributed by atoms with Gasteiger partial charge in [0.25, 0.3) is 0 Å². The molecule has 1 aromatic heterocycles. The largest absolute Gasteiger partial charge is 0.384 e. The van der Waals surface area contributed by atoms with Gasteiger partial charge in [-0.1, -0.05) is 12.1 Å². The molecule has 0 spiro atoms. The van der Waals surface area contributed by atoms with Crippen LogP contribution in [0.2, 0.25) is 0 Å². The van der Waals surface area contributed by atoms with Crippen LogP contribution in [-0.2, 0) is 19.5 Å². The van der Waals surface area contributed by atoms with Crippen molar-refractivity contribution in [3.8, 4) is 11.3 Å². The van der Waals surface area contributed by atoms with Crippen LogP contribution < -0.4 is 14.9 Å². The van der Waals surface area contributed by atoms with Gasteiger partial charge in [-0.05, 0) is 42.5 Å². The number of sulfonamides is 1. The SMILES string of the molecule is COCCS(=O)(=O)Nc1ccc(-c2ccnc(Nc3ccc(N4CCOCC4)cc3)n2)cc1. The highest BCUT2D eigenvalue weighted by Gasteiger charge is 2.12. The average molecular weight is 470 g/mol. The van der Waals surface area contributed by atoms with E-state index in [1.165, 1.54) is 7.11 Å². The highest BCUT2D eigenvalue weighted by Crippen LogP contribution is 2.23. The van der Waals surface area contributed by atoms with Crippen molar-refractivity contribution >= 4 is 33.0 Å². The van der Waals surface area contributed by atoms with Crippen LogP contribution in [0, 0.1) is 0 Å². The fourth-order valence-electron chi connectivity index (χ4n) is 3.42. The molecule has 0 amide bonds. The van der Waals surface area contributed by atoms with Crippen LogP contribution in [0.15, 0.2) is 60.8 Å². The van der Waals surface area contributed by atoms with Crippen molar-refractivity contribution < 1.29 is 17.9 Å². The molecule has 2 heterocycles. The third-order valence-electron chi connectivity index (χ3n) is 5.17. The summed E-state index contributed by atoms with van der Waals surface area (Å²) in [6.45, 7) is 3.43. The molecule has 174 valence electrons. The van der Waals surface area contributed by atoms with Crippen molar-refractivity contribution in [1.29, 1.82) is 0 Å². The predicted molar refractivity (Wildman–Crippen MR) is 130 cm³/mol. The Morgan fingerprint density at radius 1 is 1.00 bits per heavy atom. The van der Waals surface area contributed by atoms with Gasteiger partial charge in [0.2, 0.25) is 16.0 Å². The Kier molecular flexibility index (Phi) is 7.38. The Bertz CT molecular complexity index is 1150. The number of morpholine rings is 1. The maximum Gasteiger partial charge on any atom is 0.234 e. The van der Waals surface area contributed by atoms with E-state index >= 15 is 0 Å². The maximum absolute atomic E-state index is 12.0. The lowest BCUT2D eigenvalue weighted by Gasteiger charge is -2.28. The quantitative estimate of drug-likeness (QED) is 0.493. The Labute approximate surface area is 193 Å². The van der Waals surface area contributed by atoms with Crippen LogP contribution in [-0.4, -0.2) is 64.2 Å². The van der Waals surface area contributed by atoms with E-state index in [4.69, 9.17) is 9.47 Å². The molecule has 0 bridgehead atoms. The van der Waals surface area contributed by atoms with Gasteiger partial charge in [-0.25, -0.2) is 18.4 Å². The zero-order chi connectivity index (χ0) is 23.1. The van der Waals surface area contributed by atoms with Crippen molar-refractivity contribution in [3.05, 3.63) is 60.8 Å². The van der Waals surface area contributed by atoms with Gasteiger partial charge in [-0.15, -0.1) is 0 Å². The Morgan fingerprint density at radius 3 is 2.39 bits per heavy atom. The number of ether oxygens (including phenoxy) is 2. The molecule has 1 saturated heterocycles. The van der Waals surface area contributed by atoms with Gasteiger partial charge in [-0.2, -0.15) is 0 Å². The number of rotatable bonds is 9. The van der Waals surface area contributed by atoms with E-state index in [1.54, 1.807) is 18.3 Å². The first-order valence-electron chi connectivity index (χ1n) is 10.7. The predicted octanol–water partition coefficient (Wildman–Crippen LogP) is 3.11. The number of aromatic nitrogens is 2. The summed E-state index contributed by atoms with van der Waals surface area (Å²) >= 11 is 0. The molecular formula is C23H27N5O4S. The molecule has 4 rings (SSSR count). The summed E-state index contributed by atoms with van der Waals surface area (Å²) in [5, 5.41) is 3.24. The lowest BCUT2D eigenvalue weighted by atomic mass is 10.1. The summed E-state index contributed by atoms with van der Waals surface area (Å²) in [7, 11) is -1.98. The van der Waals surface area contributed by atoms with Gasteiger partial charge < -0.3 is 19.7 Å². The first-order chi connectivity index (χ1) is 16.0. The van der Waals surface area contributed by atoms with Crippen LogP contribution >= 0.6 is 0 Å². The third-order valence-corrected chi connectivity index (χ3v) is 6.42. The van der Waals surface area contributed by atoms with Crippen molar-refractivity contribution in [2.24, 2.45) is 0 Å². The molecule has 0 aliphatic carbocycles. The number of nitrogens with one attached hydrogen (secondary N) is 2. The molecule has 0 radical (unpaired) electrons. The molecule has 3 aromatic rings. The molecule has 9 nitrogen and oxygen atoms in total. The number of hydrogen-bond acceptors (Lipinski definition) is 8. The summed E-state index contributed by atoms with van der Waals surface area (Å²) in [6.07, 6.45) is 1.69. The topological polar surface area (TPSA) is 106 Å². The fourth-order valence-corrected chi connectivity index (χ4v) is 4.40. The maximum atomic E-state index is 12.0. The zero-order valence-electron chi connectivity index (χ0n) is 18.4. The lowest BCUT2D eigenvalue weighted by molar-refractivity contribution is 0.122. The van der Waals surface area contributed by atoms with Gasteiger partial charge in [0, 0.05) is 49.0 Å². The van der Waals surface area contributed by atoms with Crippen LogP contribution in [0.5, 0.6) is 0 Å². The first kappa shape index (κ1) is 23.0. The normalized spacial score (nSPS) is 14.2. The molecular weight excluding hydrogens is 442 g/mol. The molecule has 0 unspecified atom stereocenters. The smallest absolute Gasteiger partial charge is 0.234 e. The third kappa shape index (κ3) is 6.41. The van der Waals surface area contributed by atoms with E-state index in [1.807, 2.05) is 30.3 Å². The number of methoxy groups -OCH3 is 1. The molecule has 1 aliphatic rings. The number of nitrogens with zero attached hydrogens (tertiary/aromatic N) is 3. The minimum absolute atomic E-state index is 0.0976. The van der Waals surface area contributed by atoms with Crippen molar-refractivity contribution in [2.45, 2.75) is 0 Å². The van der Waals surface area contributed by atoms with Gasteiger partial charge >= 0.3 is 0 Å². The van der Waals surface area contributed by atoms with Crippen molar-refractivity contribution in [3.63, 3.8) is 0 Å². The second-order valence-electron chi connectivity index (χ2n) is 7.53. The highest BCUT2D eigenvalue weighted by molar-refractivity contribution is 7.92. The summed E-state index contributed by atoms with van der Waals surface area (Å²) < 4.78 is 36.8. The summed E-state index contributed by atoms with van der Waals surface area (Å²) in [4.78, 5) is 11.2. The van der Waals surface area contributed by atoms with Crippen LogP contribution in [0.1, 0.15) is 0 Å². The van der Waals surface area contributed by atoms with Crippen LogP contribution in [0.25, 0.3) is 11.3 Å². The van der Waals surface area contributed by atoms with Crippen LogP contribution in [0.4, 0.5) is 23.0 Å². The van der Waals surface area contributed by atoms with Gasteiger partial charge in [0.1, 0.15) is 0 Å². The first-order valence-corrected chi connectivity index (χ1v) is 12.3. The fraction of sp³-hybridized carbons (Fsp3) is 0.304. The molecule has 33 heavy (non-hydrogen) atoms. The van der Waals surface area contributed by atoms with E-state index in [-0.39, 0.29) is 12.4 Å². The van der Waals surface area contributed by atoms with E-state index in [9.17, 15) is 8.42 Å².